The summed E-state index contributed by atoms with van der Waals surface area (Å²) in [5.41, 5.74) is 0. The van der Waals surface area contributed by atoms with Crippen molar-refractivity contribution in [3.05, 3.63) is 20.2 Å². The fourth-order valence-corrected chi connectivity index (χ4v) is 0.859. The average molecular weight is 206 g/mol. The number of nitro groups is 2. The van der Waals surface area contributed by atoms with E-state index in [9.17, 15) is 25.0 Å². The number of carbonyl (C=O) groups excluding carboxylic acids is 1. The van der Waals surface area contributed by atoms with Crippen molar-refractivity contribution < 1.29 is 19.4 Å². The second-order valence-corrected chi connectivity index (χ2v) is 2.52. The van der Waals surface area contributed by atoms with Crippen molar-refractivity contribution in [1.29, 1.82) is 0 Å². The SMILES string of the molecule is COC(=O)C(CCC[N+](=O)[O-])[N+](=O)[O-]. The molecule has 0 amide bonds. The summed E-state index contributed by atoms with van der Waals surface area (Å²) in [5, 5.41) is 20.2. The Bertz CT molecular complexity index is 240. The Labute approximate surface area is 79.1 Å². The van der Waals surface area contributed by atoms with Crippen molar-refractivity contribution in [2.75, 3.05) is 13.7 Å². The van der Waals surface area contributed by atoms with E-state index in [0.717, 1.165) is 7.11 Å². The van der Waals surface area contributed by atoms with Crippen molar-refractivity contribution in [2.45, 2.75) is 18.9 Å². The molecule has 1 unspecified atom stereocenters. The van der Waals surface area contributed by atoms with Crippen molar-refractivity contribution in [1.82, 2.24) is 0 Å². The second-order valence-electron chi connectivity index (χ2n) is 2.52. The van der Waals surface area contributed by atoms with Crippen LogP contribution in [-0.2, 0) is 9.53 Å². The van der Waals surface area contributed by atoms with Gasteiger partial charge < -0.3 is 4.74 Å². The van der Waals surface area contributed by atoms with Gasteiger partial charge in [0.05, 0.1) is 7.11 Å². The Morgan fingerprint density at radius 1 is 1.43 bits per heavy atom. The zero-order valence-corrected chi connectivity index (χ0v) is 7.54. The van der Waals surface area contributed by atoms with Crippen LogP contribution < -0.4 is 0 Å². The molecule has 0 saturated heterocycles. The van der Waals surface area contributed by atoms with Crippen LogP contribution in [0.15, 0.2) is 0 Å². The number of nitrogens with zero attached hydrogens (tertiary/aromatic N) is 2. The van der Waals surface area contributed by atoms with E-state index in [0.29, 0.717) is 0 Å². The highest BCUT2D eigenvalue weighted by atomic mass is 16.6. The number of methoxy groups -OCH3 is 1. The maximum Gasteiger partial charge on any atom is 0.381 e. The Balaban J connectivity index is 4.05. The molecular formula is C6H10N2O6. The van der Waals surface area contributed by atoms with Gasteiger partial charge in [0.15, 0.2) is 0 Å². The molecule has 0 bridgehead atoms. The van der Waals surface area contributed by atoms with Crippen molar-refractivity contribution in [3.8, 4) is 0 Å². The van der Waals surface area contributed by atoms with Gasteiger partial charge in [-0.3, -0.25) is 20.2 Å². The van der Waals surface area contributed by atoms with Crippen LogP contribution in [0, 0.1) is 20.2 Å². The molecule has 0 aliphatic rings. The highest BCUT2D eigenvalue weighted by Gasteiger charge is 2.30. The zero-order valence-electron chi connectivity index (χ0n) is 7.54. The highest BCUT2D eigenvalue weighted by molar-refractivity contribution is 5.74. The van der Waals surface area contributed by atoms with Crippen LogP contribution in [0.1, 0.15) is 12.8 Å². The lowest BCUT2D eigenvalue weighted by Gasteiger charge is -2.04. The topological polar surface area (TPSA) is 113 Å². The van der Waals surface area contributed by atoms with Gasteiger partial charge in [-0.2, -0.15) is 0 Å². The number of hydrogen-bond acceptors (Lipinski definition) is 6. The monoisotopic (exact) mass is 206 g/mol. The number of esters is 1. The third-order valence-electron chi connectivity index (χ3n) is 1.55. The molecule has 1 atom stereocenters. The standard InChI is InChI=1S/C6H10N2O6/c1-14-6(9)5(8(12)13)3-2-4-7(10)11/h5H,2-4H2,1H3. The van der Waals surface area contributed by atoms with Gasteiger partial charge in [-0.25, -0.2) is 4.79 Å². The molecule has 0 rings (SSSR count). The fraction of sp³-hybridized carbons (Fsp3) is 0.833. The minimum Gasteiger partial charge on any atom is -0.464 e. The molecule has 0 aromatic carbocycles. The van der Waals surface area contributed by atoms with Gasteiger partial charge in [0.1, 0.15) is 0 Å². The zero-order chi connectivity index (χ0) is 11.1. The molecule has 0 aliphatic carbocycles. The number of rotatable bonds is 6. The first-order valence-corrected chi connectivity index (χ1v) is 3.82. The molecule has 8 nitrogen and oxygen atoms in total. The summed E-state index contributed by atoms with van der Waals surface area (Å²) in [5.74, 6) is -0.974. The van der Waals surface area contributed by atoms with E-state index in [1.54, 1.807) is 0 Å². The summed E-state index contributed by atoms with van der Waals surface area (Å²) >= 11 is 0. The summed E-state index contributed by atoms with van der Waals surface area (Å²) < 4.78 is 4.18. The molecule has 0 heterocycles. The van der Waals surface area contributed by atoms with E-state index in [1.807, 2.05) is 0 Å². The van der Waals surface area contributed by atoms with Crippen LogP contribution in [0.5, 0.6) is 0 Å². The lowest BCUT2D eigenvalue weighted by molar-refractivity contribution is -0.515. The third-order valence-corrected chi connectivity index (χ3v) is 1.55. The third kappa shape index (κ3) is 4.33. The molecule has 0 fully saturated rings. The first-order valence-electron chi connectivity index (χ1n) is 3.82. The molecule has 0 radical (unpaired) electrons. The van der Waals surface area contributed by atoms with Crippen LogP contribution in [0.25, 0.3) is 0 Å². The first-order chi connectivity index (χ1) is 6.49. The predicted molar refractivity (Wildman–Crippen MR) is 43.9 cm³/mol. The summed E-state index contributed by atoms with van der Waals surface area (Å²) in [6.45, 7) is -0.388. The van der Waals surface area contributed by atoms with Crippen molar-refractivity contribution in [3.63, 3.8) is 0 Å². The maximum atomic E-state index is 10.8. The van der Waals surface area contributed by atoms with E-state index in [4.69, 9.17) is 0 Å². The van der Waals surface area contributed by atoms with E-state index in [1.165, 1.54) is 0 Å². The second kappa shape index (κ2) is 5.84. The summed E-state index contributed by atoms with van der Waals surface area (Å²) in [6, 6.07) is -1.50. The van der Waals surface area contributed by atoms with Gasteiger partial charge >= 0.3 is 12.0 Å². The maximum absolute atomic E-state index is 10.8. The van der Waals surface area contributed by atoms with Crippen molar-refractivity contribution >= 4 is 5.97 Å². The molecular weight excluding hydrogens is 196 g/mol. The summed E-state index contributed by atoms with van der Waals surface area (Å²) in [6.07, 6.45) is -0.200. The Hall–Kier alpha value is -1.73. The smallest absolute Gasteiger partial charge is 0.381 e. The van der Waals surface area contributed by atoms with Gasteiger partial charge in [0, 0.05) is 22.7 Å². The van der Waals surface area contributed by atoms with E-state index >= 15 is 0 Å². The number of hydrogen-bond donors (Lipinski definition) is 0. The number of ether oxygens (including phenoxy) is 1. The van der Waals surface area contributed by atoms with Crippen LogP contribution in [0.3, 0.4) is 0 Å². The largest absolute Gasteiger partial charge is 0.464 e. The van der Waals surface area contributed by atoms with Gasteiger partial charge in [-0.05, 0) is 0 Å². The van der Waals surface area contributed by atoms with Gasteiger partial charge in [-0.15, -0.1) is 0 Å². The van der Waals surface area contributed by atoms with E-state index < -0.39 is 21.9 Å². The normalized spacial score (nSPS) is 11.8. The van der Waals surface area contributed by atoms with E-state index in [-0.39, 0.29) is 19.4 Å². The molecule has 14 heavy (non-hydrogen) atoms. The van der Waals surface area contributed by atoms with Gasteiger partial charge in [0.2, 0.25) is 6.54 Å². The Morgan fingerprint density at radius 3 is 2.36 bits per heavy atom. The van der Waals surface area contributed by atoms with Gasteiger partial charge in [0.25, 0.3) is 0 Å². The summed E-state index contributed by atoms with van der Waals surface area (Å²) in [4.78, 5) is 29.6. The highest BCUT2D eigenvalue weighted by Crippen LogP contribution is 2.03. The predicted octanol–water partition coefficient (Wildman–Crippen LogP) is -0.138. The first kappa shape index (κ1) is 12.3. The lowest BCUT2D eigenvalue weighted by Crippen LogP contribution is -2.31. The molecule has 0 N–H and O–H groups in total. The Kier molecular flexibility index (Phi) is 5.12. The van der Waals surface area contributed by atoms with Crippen molar-refractivity contribution in [2.24, 2.45) is 0 Å². The molecule has 80 valence electrons. The van der Waals surface area contributed by atoms with Gasteiger partial charge in [-0.1, -0.05) is 0 Å². The lowest BCUT2D eigenvalue weighted by atomic mass is 10.2. The minimum absolute atomic E-state index is 0.0201. The summed E-state index contributed by atoms with van der Waals surface area (Å²) in [7, 11) is 1.03. The minimum atomic E-state index is -1.50. The van der Waals surface area contributed by atoms with E-state index in [2.05, 4.69) is 4.74 Å². The average Bonchev–Trinajstić information content (AvgIpc) is 2.10. The molecule has 0 aliphatic heterocycles. The molecule has 0 spiro atoms. The molecule has 8 heteroatoms. The van der Waals surface area contributed by atoms with Crippen LogP contribution in [0.4, 0.5) is 0 Å². The molecule has 0 aromatic heterocycles. The van der Waals surface area contributed by atoms with Crippen LogP contribution in [0.2, 0.25) is 0 Å². The molecule has 0 saturated carbocycles. The fourth-order valence-electron chi connectivity index (χ4n) is 0.859. The van der Waals surface area contributed by atoms with Crippen LogP contribution in [-0.4, -0.2) is 35.5 Å². The van der Waals surface area contributed by atoms with Crippen LogP contribution >= 0.6 is 0 Å². The number of carbonyl (C=O) groups is 1. The Morgan fingerprint density at radius 2 is 2.00 bits per heavy atom. The quantitative estimate of drug-likeness (QED) is 0.339. The molecule has 0 aromatic rings.